The lowest BCUT2D eigenvalue weighted by Crippen LogP contribution is -2.32. The highest BCUT2D eigenvalue weighted by molar-refractivity contribution is 6.44. The predicted molar refractivity (Wildman–Crippen MR) is 106 cm³/mol. The average Bonchev–Trinajstić information content (AvgIpc) is 2.65. The number of hydrogen-bond acceptors (Lipinski definition) is 3. The molecule has 0 aliphatic carbocycles. The van der Waals surface area contributed by atoms with Gasteiger partial charge in [-0.15, -0.1) is 0 Å². The maximum atomic E-state index is 12.1. The van der Waals surface area contributed by atoms with Crippen LogP contribution < -0.4 is 15.5 Å². The van der Waals surface area contributed by atoms with Crippen LogP contribution in [0.5, 0.6) is 0 Å². The number of halogens is 1. The Morgan fingerprint density at radius 1 is 0.962 bits per heavy atom. The van der Waals surface area contributed by atoms with E-state index in [-0.39, 0.29) is 0 Å². The van der Waals surface area contributed by atoms with Crippen LogP contribution in [0.1, 0.15) is 19.8 Å². The van der Waals surface area contributed by atoms with Crippen molar-refractivity contribution in [1.29, 1.82) is 0 Å². The zero-order valence-corrected chi connectivity index (χ0v) is 15.4. The van der Waals surface area contributed by atoms with Crippen molar-refractivity contribution >= 4 is 40.5 Å². The van der Waals surface area contributed by atoms with Crippen LogP contribution in [0.15, 0.2) is 48.5 Å². The van der Waals surface area contributed by atoms with Crippen LogP contribution in [0.2, 0.25) is 5.02 Å². The molecule has 2 aromatic carbocycles. The summed E-state index contributed by atoms with van der Waals surface area (Å²) in [5.41, 5.74) is 2.12. The largest absolute Gasteiger partial charge is 0.372 e. The van der Waals surface area contributed by atoms with Gasteiger partial charge >= 0.3 is 11.8 Å². The molecule has 0 radical (unpaired) electrons. The fourth-order valence-electron chi connectivity index (χ4n) is 2.95. The van der Waals surface area contributed by atoms with E-state index in [1.54, 1.807) is 24.3 Å². The summed E-state index contributed by atoms with van der Waals surface area (Å²) in [5, 5.41) is 5.50. The van der Waals surface area contributed by atoms with Crippen molar-refractivity contribution in [2.45, 2.75) is 19.8 Å². The van der Waals surface area contributed by atoms with Crippen LogP contribution >= 0.6 is 11.6 Å². The third kappa shape index (κ3) is 4.55. The molecule has 1 saturated heterocycles. The van der Waals surface area contributed by atoms with Gasteiger partial charge in [0.1, 0.15) is 0 Å². The number of hydrogen-bond donors (Lipinski definition) is 2. The molecule has 2 aromatic rings. The Balaban J connectivity index is 1.57. The molecule has 1 aliphatic rings. The fraction of sp³-hybridized carbons (Fsp3) is 0.300. The Morgan fingerprint density at radius 3 is 2.23 bits per heavy atom. The highest BCUT2D eigenvalue weighted by Crippen LogP contribution is 2.24. The van der Waals surface area contributed by atoms with Crippen molar-refractivity contribution in [2.24, 2.45) is 5.92 Å². The Bertz CT molecular complexity index is 784. The smallest absolute Gasteiger partial charge is 0.314 e. The summed E-state index contributed by atoms with van der Waals surface area (Å²) in [6.45, 7) is 4.38. The van der Waals surface area contributed by atoms with Crippen molar-refractivity contribution in [3.05, 3.63) is 53.6 Å². The third-order valence-corrected chi connectivity index (χ3v) is 4.93. The zero-order valence-electron chi connectivity index (χ0n) is 14.7. The second-order valence-corrected chi connectivity index (χ2v) is 7.01. The number of nitrogens with one attached hydrogen (secondary N) is 2. The lowest BCUT2D eigenvalue weighted by atomic mass is 9.99. The van der Waals surface area contributed by atoms with E-state index in [9.17, 15) is 9.59 Å². The normalized spacial score (nSPS) is 14.8. The highest BCUT2D eigenvalue weighted by atomic mass is 35.5. The summed E-state index contributed by atoms with van der Waals surface area (Å²) in [6.07, 6.45) is 2.39. The molecule has 0 bridgehead atoms. The lowest BCUT2D eigenvalue weighted by molar-refractivity contribution is -0.132. The molecule has 1 heterocycles. The van der Waals surface area contributed by atoms with E-state index >= 15 is 0 Å². The van der Waals surface area contributed by atoms with E-state index in [1.165, 1.54) is 12.8 Å². The van der Waals surface area contributed by atoms with Gasteiger partial charge in [-0.25, -0.2) is 0 Å². The second-order valence-electron chi connectivity index (χ2n) is 6.60. The van der Waals surface area contributed by atoms with Gasteiger partial charge in [0, 0.05) is 24.5 Å². The van der Waals surface area contributed by atoms with Gasteiger partial charge in [-0.1, -0.05) is 30.7 Å². The summed E-state index contributed by atoms with van der Waals surface area (Å²) < 4.78 is 0. The zero-order chi connectivity index (χ0) is 18.5. The molecular formula is C20H22ClN3O2. The molecule has 0 unspecified atom stereocenters. The fourth-order valence-corrected chi connectivity index (χ4v) is 3.13. The monoisotopic (exact) mass is 371 g/mol. The third-order valence-electron chi connectivity index (χ3n) is 4.60. The number of nitrogens with zero attached hydrogens (tertiary/aromatic N) is 1. The first kappa shape index (κ1) is 18.3. The Morgan fingerprint density at radius 2 is 1.58 bits per heavy atom. The summed E-state index contributed by atoms with van der Waals surface area (Å²) >= 11 is 5.98. The molecule has 0 atom stereocenters. The van der Waals surface area contributed by atoms with Gasteiger partial charge in [0.2, 0.25) is 0 Å². The molecule has 3 rings (SSSR count). The highest BCUT2D eigenvalue weighted by Gasteiger charge is 2.17. The van der Waals surface area contributed by atoms with Gasteiger partial charge in [-0.2, -0.15) is 0 Å². The van der Waals surface area contributed by atoms with E-state index in [2.05, 4.69) is 22.5 Å². The van der Waals surface area contributed by atoms with Gasteiger partial charge in [0.05, 0.1) is 10.7 Å². The molecule has 26 heavy (non-hydrogen) atoms. The van der Waals surface area contributed by atoms with Gasteiger partial charge < -0.3 is 15.5 Å². The second kappa shape index (κ2) is 8.23. The van der Waals surface area contributed by atoms with E-state index < -0.39 is 11.8 Å². The van der Waals surface area contributed by atoms with Crippen LogP contribution in [0.4, 0.5) is 17.1 Å². The van der Waals surface area contributed by atoms with Gasteiger partial charge in [-0.05, 0) is 55.2 Å². The van der Waals surface area contributed by atoms with Crippen LogP contribution in [-0.2, 0) is 9.59 Å². The summed E-state index contributed by atoms with van der Waals surface area (Å²) in [4.78, 5) is 26.4. The number of carbonyl (C=O) groups excluding carboxylic acids is 2. The Labute approximate surface area is 158 Å². The molecule has 0 saturated carbocycles. The van der Waals surface area contributed by atoms with Crippen molar-refractivity contribution in [3.63, 3.8) is 0 Å². The molecule has 0 spiro atoms. The molecule has 0 aromatic heterocycles. The van der Waals surface area contributed by atoms with Gasteiger partial charge in [0.15, 0.2) is 0 Å². The van der Waals surface area contributed by atoms with Crippen LogP contribution in [0.3, 0.4) is 0 Å². The SMILES string of the molecule is CC1CCN(c2ccc(NC(=O)C(=O)Nc3ccccc3Cl)cc2)CC1. The van der Waals surface area contributed by atoms with Gasteiger partial charge in [-0.3, -0.25) is 9.59 Å². The first-order chi connectivity index (χ1) is 12.5. The number of anilines is 3. The maximum absolute atomic E-state index is 12.1. The van der Waals surface area contributed by atoms with Crippen molar-refractivity contribution in [2.75, 3.05) is 28.6 Å². The Hall–Kier alpha value is -2.53. The van der Waals surface area contributed by atoms with Crippen LogP contribution in [-0.4, -0.2) is 24.9 Å². The minimum atomic E-state index is -0.757. The number of rotatable bonds is 3. The molecule has 1 fully saturated rings. The van der Waals surface area contributed by atoms with Gasteiger partial charge in [0.25, 0.3) is 0 Å². The van der Waals surface area contributed by atoms with Crippen molar-refractivity contribution in [3.8, 4) is 0 Å². The summed E-state index contributed by atoms with van der Waals surface area (Å²) in [7, 11) is 0. The number of para-hydroxylation sites is 1. The average molecular weight is 372 g/mol. The molecular weight excluding hydrogens is 350 g/mol. The molecule has 5 nitrogen and oxygen atoms in total. The summed E-state index contributed by atoms with van der Waals surface area (Å²) in [5.74, 6) is -0.710. The minimum Gasteiger partial charge on any atom is -0.372 e. The number of amides is 2. The number of piperidine rings is 1. The van der Waals surface area contributed by atoms with E-state index in [4.69, 9.17) is 11.6 Å². The number of carbonyl (C=O) groups is 2. The minimum absolute atomic E-state index is 0.383. The molecule has 6 heteroatoms. The predicted octanol–water partition coefficient (Wildman–Crippen LogP) is 4.15. The van der Waals surface area contributed by atoms with Crippen LogP contribution in [0, 0.1) is 5.92 Å². The topological polar surface area (TPSA) is 61.4 Å². The molecule has 136 valence electrons. The number of benzene rings is 2. The van der Waals surface area contributed by atoms with Crippen LogP contribution in [0.25, 0.3) is 0 Å². The standard InChI is InChI=1S/C20H22ClN3O2/c1-14-10-12-24(13-11-14)16-8-6-15(7-9-16)22-19(25)20(26)23-18-5-3-2-4-17(18)21/h2-9,14H,10-13H2,1H3,(H,22,25)(H,23,26). The first-order valence-electron chi connectivity index (χ1n) is 8.75. The molecule has 2 amide bonds. The maximum Gasteiger partial charge on any atom is 0.314 e. The first-order valence-corrected chi connectivity index (χ1v) is 9.12. The Kier molecular flexibility index (Phi) is 5.78. The van der Waals surface area contributed by atoms with Crippen molar-refractivity contribution < 1.29 is 9.59 Å². The lowest BCUT2D eigenvalue weighted by Gasteiger charge is -2.32. The molecule has 2 N–H and O–H groups in total. The van der Waals surface area contributed by atoms with E-state index in [1.807, 2.05) is 24.3 Å². The summed E-state index contributed by atoms with van der Waals surface area (Å²) in [6, 6.07) is 14.3. The quantitative estimate of drug-likeness (QED) is 0.796. The van der Waals surface area contributed by atoms with E-state index in [0.29, 0.717) is 16.4 Å². The van der Waals surface area contributed by atoms with Crippen molar-refractivity contribution in [1.82, 2.24) is 0 Å². The molecule has 1 aliphatic heterocycles. The van der Waals surface area contributed by atoms with E-state index in [0.717, 1.165) is 24.7 Å².